The normalized spacial score (nSPS) is 11.8. The Bertz CT molecular complexity index is 1340. The van der Waals surface area contributed by atoms with Gasteiger partial charge in [-0.15, -0.1) is 5.10 Å². The molecule has 0 unspecified atom stereocenters. The minimum absolute atomic E-state index is 0.0475. The van der Waals surface area contributed by atoms with Gasteiger partial charge < -0.3 is 9.47 Å². The second-order valence-corrected chi connectivity index (χ2v) is 10.4. The fourth-order valence-corrected chi connectivity index (χ4v) is 4.03. The lowest BCUT2D eigenvalue weighted by Crippen LogP contribution is -2.31. The Balaban J connectivity index is 1.80. The number of nitrogens with zero attached hydrogens (tertiary/aromatic N) is 5. The van der Waals surface area contributed by atoms with E-state index in [4.69, 9.17) is 16.3 Å². The molecule has 0 saturated carbocycles. The van der Waals surface area contributed by atoms with Crippen LogP contribution in [0, 0.1) is 5.41 Å². The predicted octanol–water partition coefficient (Wildman–Crippen LogP) is 1.98. The van der Waals surface area contributed by atoms with E-state index in [-0.39, 0.29) is 21.9 Å². The number of halogens is 1. The zero-order chi connectivity index (χ0) is 25.3. The van der Waals surface area contributed by atoms with Gasteiger partial charge in [-0.3, -0.25) is 9.48 Å². The number of aryl methyl sites for hydroxylation is 1. The first-order chi connectivity index (χ1) is 15.8. The largest absolute Gasteiger partial charge is 0.476 e. The summed E-state index contributed by atoms with van der Waals surface area (Å²) in [5, 5.41) is 7.78. The Morgan fingerprint density at radius 3 is 2.50 bits per heavy atom. The van der Waals surface area contributed by atoms with E-state index in [1.165, 1.54) is 23.9 Å². The molecule has 0 aliphatic carbocycles. The van der Waals surface area contributed by atoms with Crippen molar-refractivity contribution in [2.24, 2.45) is 12.5 Å². The number of carbonyl (C=O) groups excluding carboxylic acids is 2. The molecular weight excluding hydrogens is 488 g/mol. The van der Waals surface area contributed by atoms with E-state index in [2.05, 4.69) is 19.9 Å². The molecule has 0 aliphatic rings. The van der Waals surface area contributed by atoms with Crippen LogP contribution in [0.4, 0.5) is 0 Å². The maximum atomic E-state index is 12.7. The van der Waals surface area contributed by atoms with E-state index in [1.807, 2.05) is 25.5 Å². The number of nitrogens with one attached hydrogen (secondary N) is 1. The van der Waals surface area contributed by atoms with Crippen LogP contribution in [0.2, 0.25) is 5.15 Å². The number of carbonyl (C=O) groups is 2. The standard InChI is InChI=1S/C20H23ClN6O6S/c1-20(2,3)11-33-15-8-9-27(23-15)14-7-6-12(17(21)22-14)18(28)25-34(30,31)13-10-26(4)24-16(13)19(29)32-5/h6-10H,11H2,1-5H3,(H,25,28). The lowest BCUT2D eigenvalue weighted by Gasteiger charge is -2.17. The van der Waals surface area contributed by atoms with Gasteiger partial charge in [0, 0.05) is 25.5 Å². The van der Waals surface area contributed by atoms with Crippen LogP contribution in [-0.4, -0.2) is 58.6 Å². The number of aromatic nitrogens is 5. The first kappa shape index (κ1) is 25.2. The van der Waals surface area contributed by atoms with E-state index in [1.54, 1.807) is 12.3 Å². The number of amides is 1. The molecule has 3 aromatic heterocycles. The maximum absolute atomic E-state index is 12.7. The molecule has 3 heterocycles. The highest BCUT2D eigenvalue weighted by Crippen LogP contribution is 2.21. The summed E-state index contributed by atoms with van der Waals surface area (Å²) in [5.74, 6) is -1.34. The highest BCUT2D eigenvalue weighted by atomic mass is 35.5. The van der Waals surface area contributed by atoms with E-state index < -0.39 is 32.5 Å². The third kappa shape index (κ3) is 5.72. The average molecular weight is 511 g/mol. The van der Waals surface area contributed by atoms with Gasteiger partial charge in [-0.25, -0.2) is 27.6 Å². The minimum Gasteiger partial charge on any atom is -0.476 e. The molecular formula is C20H23ClN6O6S. The Morgan fingerprint density at radius 2 is 1.88 bits per heavy atom. The molecule has 0 fully saturated rings. The number of methoxy groups -OCH3 is 1. The van der Waals surface area contributed by atoms with Crippen molar-refractivity contribution in [2.45, 2.75) is 25.7 Å². The number of sulfonamides is 1. The zero-order valence-electron chi connectivity index (χ0n) is 19.1. The quantitative estimate of drug-likeness (QED) is 0.372. The van der Waals surface area contributed by atoms with Crippen molar-refractivity contribution in [3.8, 4) is 11.7 Å². The van der Waals surface area contributed by atoms with Crippen LogP contribution in [0.1, 0.15) is 41.6 Å². The highest BCUT2D eigenvalue weighted by Gasteiger charge is 2.29. The summed E-state index contributed by atoms with van der Waals surface area (Å²) in [6.45, 7) is 6.54. The van der Waals surface area contributed by atoms with Crippen molar-refractivity contribution in [3.63, 3.8) is 0 Å². The molecule has 34 heavy (non-hydrogen) atoms. The minimum atomic E-state index is -4.47. The molecule has 182 valence electrons. The van der Waals surface area contributed by atoms with Gasteiger partial charge in [0.1, 0.15) is 10.0 Å². The Hall–Kier alpha value is -3.45. The highest BCUT2D eigenvalue weighted by molar-refractivity contribution is 7.90. The Labute approximate surface area is 200 Å². The van der Waals surface area contributed by atoms with Crippen LogP contribution in [0.3, 0.4) is 0 Å². The van der Waals surface area contributed by atoms with Gasteiger partial charge in [0.2, 0.25) is 5.88 Å². The van der Waals surface area contributed by atoms with Crippen LogP contribution >= 0.6 is 11.6 Å². The monoisotopic (exact) mass is 510 g/mol. The van der Waals surface area contributed by atoms with Gasteiger partial charge in [0.15, 0.2) is 11.5 Å². The van der Waals surface area contributed by atoms with E-state index >= 15 is 0 Å². The lowest BCUT2D eigenvalue weighted by atomic mass is 9.99. The molecule has 0 aromatic carbocycles. The average Bonchev–Trinajstić information content (AvgIpc) is 3.38. The van der Waals surface area contributed by atoms with Crippen molar-refractivity contribution in [3.05, 3.63) is 47.0 Å². The topological polar surface area (TPSA) is 147 Å². The van der Waals surface area contributed by atoms with Crippen LogP contribution in [0.5, 0.6) is 5.88 Å². The number of ether oxygens (including phenoxy) is 2. The predicted molar refractivity (Wildman–Crippen MR) is 121 cm³/mol. The Kier molecular flexibility index (Phi) is 6.98. The first-order valence-electron chi connectivity index (χ1n) is 9.85. The summed E-state index contributed by atoms with van der Waals surface area (Å²) in [6, 6.07) is 4.40. The molecule has 0 bridgehead atoms. The zero-order valence-corrected chi connectivity index (χ0v) is 20.6. The van der Waals surface area contributed by atoms with Gasteiger partial charge in [-0.1, -0.05) is 32.4 Å². The van der Waals surface area contributed by atoms with Crippen LogP contribution in [0.25, 0.3) is 5.82 Å². The Morgan fingerprint density at radius 1 is 1.18 bits per heavy atom. The molecule has 0 saturated heterocycles. The van der Waals surface area contributed by atoms with Crippen molar-refractivity contribution >= 4 is 33.5 Å². The third-order valence-electron chi connectivity index (χ3n) is 4.22. The van der Waals surface area contributed by atoms with Crippen molar-refractivity contribution in [1.82, 2.24) is 29.3 Å². The van der Waals surface area contributed by atoms with Crippen LogP contribution in [-0.2, 0) is 21.8 Å². The van der Waals surface area contributed by atoms with E-state index in [0.717, 1.165) is 18.0 Å². The molecule has 3 rings (SSSR count). The van der Waals surface area contributed by atoms with Gasteiger partial charge in [-0.2, -0.15) is 5.10 Å². The second-order valence-electron chi connectivity index (χ2n) is 8.40. The molecule has 1 amide bonds. The van der Waals surface area contributed by atoms with Crippen molar-refractivity contribution < 1.29 is 27.5 Å². The summed E-state index contributed by atoms with van der Waals surface area (Å²) in [5.41, 5.74) is -0.712. The lowest BCUT2D eigenvalue weighted by molar-refractivity contribution is 0.0588. The molecule has 1 N–H and O–H groups in total. The SMILES string of the molecule is COC(=O)c1nn(C)cc1S(=O)(=O)NC(=O)c1ccc(-n2ccc(OCC(C)(C)C)n2)nc1Cl. The number of hydrogen-bond donors (Lipinski definition) is 1. The van der Waals surface area contributed by atoms with Crippen LogP contribution in [0.15, 0.2) is 35.5 Å². The van der Waals surface area contributed by atoms with Crippen LogP contribution < -0.4 is 9.46 Å². The fourth-order valence-electron chi connectivity index (χ4n) is 2.66. The maximum Gasteiger partial charge on any atom is 0.360 e. The molecule has 12 nitrogen and oxygen atoms in total. The first-order valence-corrected chi connectivity index (χ1v) is 11.7. The summed E-state index contributed by atoms with van der Waals surface area (Å²) in [7, 11) is -1.97. The summed E-state index contributed by atoms with van der Waals surface area (Å²) >= 11 is 6.16. The van der Waals surface area contributed by atoms with E-state index in [9.17, 15) is 18.0 Å². The number of rotatable bonds is 7. The van der Waals surface area contributed by atoms with Gasteiger partial charge in [0.05, 0.1) is 19.3 Å². The second kappa shape index (κ2) is 9.43. The van der Waals surface area contributed by atoms with E-state index in [0.29, 0.717) is 12.5 Å². The van der Waals surface area contributed by atoms with Crippen molar-refractivity contribution in [2.75, 3.05) is 13.7 Å². The summed E-state index contributed by atoms with van der Waals surface area (Å²) in [6.07, 6.45) is 2.68. The van der Waals surface area contributed by atoms with Gasteiger partial charge in [0.25, 0.3) is 15.9 Å². The smallest absolute Gasteiger partial charge is 0.360 e. The number of hydrogen-bond acceptors (Lipinski definition) is 9. The molecule has 0 radical (unpaired) electrons. The third-order valence-corrected chi connectivity index (χ3v) is 5.84. The summed E-state index contributed by atoms with van der Waals surface area (Å²) in [4.78, 5) is 28.1. The molecule has 3 aromatic rings. The van der Waals surface area contributed by atoms with Gasteiger partial charge in [-0.05, 0) is 17.5 Å². The number of esters is 1. The molecule has 0 atom stereocenters. The summed E-state index contributed by atoms with van der Waals surface area (Å²) < 4.78 is 40.0. The molecule has 14 heteroatoms. The fraction of sp³-hybridized carbons (Fsp3) is 0.350. The van der Waals surface area contributed by atoms with Gasteiger partial charge >= 0.3 is 5.97 Å². The van der Waals surface area contributed by atoms with Crippen molar-refractivity contribution in [1.29, 1.82) is 0 Å². The molecule has 0 aliphatic heterocycles. The molecule has 0 spiro atoms. The number of pyridine rings is 1.